The number of hydrogen-bond acceptors (Lipinski definition) is 4. The number of benzene rings is 1. The van der Waals surface area contributed by atoms with Crippen molar-refractivity contribution in [2.45, 2.75) is 26.8 Å². The van der Waals surface area contributed by atoms with Crippen LogP contribution in [0.4, 0.5) is 5.69 Å². The van der Waals surface area contributed by atoms with Crippen LogP contribution < -0.4 is 5.73 Å². The first kappa shape index (κ1) is 11.6. The summed E-state index contributed by atoms with van der Waals surface area (Å²) >= 11 is 0. The van der Waals surface area contributed by atoms with Crippen LogP contribution >= 0.6 is 0 Å². The van der Waals surface area contributed by atoms with E-state index in [1.54, 1.807) is 0 Å². The SMILES string of the molecule is CC(C)C(C)n1nnnc1-c1ccc(N)cc1. The van der Waals surface area contributed by atoms with E-state index in [4.69, 9.17) is 5.73 Å². The largest absolute Gasteiger partial charge is 0.399 e. The lowest BCUT2D eigenvalue weighted by atomic mass is 10.1. The number of hydrogen-bond donors (Lipinski definition) is 1. The molecule has 0 amide bonds. The number of nitrogens with zero attached hydrogens (tertiary/aromatic N) is 4. The molecule has 17 heavy (non-hydrogen) atoms. The van der Waals surface area contributed by atoms with Crippen LogP contribution in [0.5, 0.6) is 0 Å². The lowest BCUT2D eigenvalue weighted by Crippen LogP contribution is -2.14. The Morgan fingerprint density at radius 1 is 1.12 bits per heavy atom. The van der Waals surface area contributed by atoms with Crippen LogP contribution in [0.15, 0.2) is 24.3 Å². The van der Waals surface area contributed by atoms with Gasteiger partial charge in [-0.15, -0.1) is 5.10 Å². The standard InChI is InChI=1S/C12H17N5/c1-8(2)9(3)17-12(14-15-16-17)10-4-6-11(13)7-5-10/h4-9H,13H2,1-3H3. The third kappa shape index (κ3) is 2.27. The molecule has 90 valence electrons. The highest BCUT2D eigenvalue weighted by molar-refractivity contribution is 5.58. The Labute approximate surface area is 101 Å². The molecule has 1 aromatic carbocycles. The summed E-state index contributed by atoms with van der Waals surface area (Å²) in [5.74, 6) is 1.26. The van der Waals surface area contributed by atoms with Gasteiger partial charge < -0.3 is 5.73 Å². The second kappa shape index (κ2) is 4.53. The number of rotatable bonds is 3. The van der Waals surface area contributed by atoms with Gasteiger partial charge in [-0.05, 0) is 47.5 Å². The highest BCUT2D eigenvalue weighted by atomic mass is 15.5. The van der Waals surface area contributed by atoms with Crippen molar-refractivity contribution >= 4 is 5.69 Å². The van der Waals surface area contributed by atoms with Crippen molar-refractivity contribution in [2.24, 2.45) is 5.92 Å². The van der Waals surface area contributed by atoms with E-state index in [0.29, 0.717) is 5.92 Å². The van der Waals surface area contributed by atoms with Gasteiger partial charge in [-0.25, -0.2) is 4.68 Å². The zero-order valence-corrected chi connectivity index (χ0v) is 10.3. The first-order valence-corrected chi connectivity index (χ1v) is 5.73. The van der Waals surface area contributed by atoms with Crippen molar-refractivity contribution in [2.75, 3.05) is 5.73 Å². The normalized spacial score (nSPS) is 12.9. The van der Waals surface area contributed by atoms with E-state index in [1.807, 2.05) is 28.9 Å². The fraction of sp³-hybridized carbons (Fsp3) is 0.417. The quantitative estimate of drug-likeness (QED) is 0.822. The van der Waals surface area contributed by atoms with Crippen molar-refractivity contribution in [3.63, 3.8) is 0 Å². The van der Waals surface area contributed by atoms with Crippen LogP contribution in [0, 0.1) is 5.92 Å². The van der Waals surface area contributed by atoms with Gasteiger partial charge in [0.2, 0.25) is 0 Å². The number of aromatic nitrogens is 4. The van der Waals surface area contributed by atoms with Crippen molar-refractivity contribution in [3.05, 3.63) is 24.3 Å². The molecule has 0 aliphatic rings. The van der Waals surface area contributed by atoms with Gasteiger partial charge in [0, 0.05) is 11.3 Å². The van der Waals surface area contributed by atoms with Gasteiger partial charge in [-0.2, -0.15) is 0 Å². The minimum Gasteiger partial charge on any atom is -0.399 e. The fourth-order valence-corrected chi connectivity index (χ4v) is 1.57. The maximum absolute atomic E-state index is 5.67. The molecular weight excluding hydrogens is 214 g/mol. The van der Waals surface area contributed by atoms with Crippen molar-refractivity contribution in [3.8, 4) is 11.4 Å². The predicted molar refractivity (Wildman–Crippen MR) is 67.2 cm³/mol. The Bertz CT molecular complexity index is 486. The Morgan fingerprint density at radius 3 is 2.35 bits per heavy atom. The van der Waals surface area contributed by atoms with E-state index in [1.165, 1.54) is 0 Å². The number of tetrazole rings is 1. The van der Waals surface area contributed by atoms with Gasteiger partial charge in [0.05, 0.1) is 6.04 Å². The maximum atomic E-state index is 5.67. The molecule has 1 aromatic heterocycles. The molecule has 0 bridgehead atoms. The summed E-state index contributed by atoms with van der Waals surface area (Å²) in [6, 6.07) is 7.84. The molecule has 5 heteroatoms. The summed E-state index contributed by atoms with van der Waals surface area (Å²) in [6.45, 7) is 6.42. The van der Waals surface area contributed by atoms with Gasteiger partial charge in [0.1, 0.15) is 0 Å². The molecule has 0 spiro atoms. The molecule has 1 unspecified atom stereocenters. The zero-order chi connectivity index (χ0) is 12.4. The average Bonchev–Trinajstić information content (AvgIpc) is 2.77. The third-order valence-electron chi connectivity index (χ3n) is 3.01. The molecule has 1 heterocycles. The van der Waals surface area contributed by atoms with Crippen LogP contribution in [0.3, 0.4) is 0 Å². The molecule has 2 N–H and O–H groups in total. The Balaban J connectivity index is 2.40. The Kier molecular flexibility index (Phi) is 3.08. The number of anilines is 1. The molecule has 2 rings (SSSR count). The topological polar surface area (TPSA) is 69.6 Å². The van der Waals surface area contributed by atoms with Gasteiger partial charge in [-0.1, -0.05) is 13.8 Å². The number of nitrogens with two attached hydrogens (primary N) is 1. The molecule has 0 fully saturated rings. The van der Waals surface area contributed by atoms with Crippen molar-refractivity contribution in [1.29, 1.82) is 0 Å². The van der Waals surface area contributed by atoms with E-state index < -0.39 is 0 Å². The molecule has 5 nitrogen and oxygen atoms in total. The van der Waals surface area contributed by atoms with Crippen LogP contribution in [0.1, 0.15) is 26.8 Å². The first-order valence-electron chi connectivity index (χ1n) is 5.73. The van der Waals surface area contributed by atoms with Crippen molar-refractivity contribution in [1.82, 2.24) is 20.2 Å². The lowest BCUT2D eigenvalue weighted by molar-refractivity contribution is 0.371. The van der Waals surface area contributed by atoms with E-state index in [0.717, 1.165) is 17.1 Å². The summed E-state index contributed by atoms with van der Waals surface area (Å²) < 4.78 is 1.86. The predicted octanol–water partition coefficient (Wildman–Crippen LogP) is 2.14. The highest BCUT2D eigenvalue weighted by Crippen LogP contribution is 2.23. The molecular formula is C12H17N5. The van der Waals surface area contributed by atoms with Gasteiger partial charge in [-0.3, -0.25) is 0 Å². The van der Waals surface area contributed by atoms with Gasteiger partial charge in [0.25, 0.3) is 0 Å². The lowest BCUT2D eigenvalue weighted by Gasteiger charge is -2.16. The monoisotopic (exact) mass is 231 g/mol. The summed E-state index contributed by atoms with van der Waals surface area (Å²) in [6.07, 6.45) is 0. The summed E-state index contributed by atoms with van der Waals surface area (Å²) in [5.41, 5.74) is 7.39. The highest BCUT2D eigenvalue weighted by Gasteiger charge is 2.16. The fourth-order valence-electron chi connectivity index (χ4n) is 1.57. The second-order valence-electron chi connectivity index (χ2n) is 4.55. The molecule has 0 saturated carbocycles. The minimum atomic E-state index is 0.262. The van der Waals surface area contributed by atoms with Gasteiger partial charge >= 0.3 is 0 Å². The second-order valence-corrected chi connectivity index (χ2v) is 4.55. The first-order chi connectivity index (χ1) is 8.09. The summed E-state index contributed by atoms with van der Waals surface area (Å²) in [4.78, 5) is 0. The molecule has 0 saturated heterocycles. The molecule has 1 atom stereocenters. The van der Waals surface area contributed by atoms with Crippen LogP contribution in [0.25, 0.3) is 11.4 Å². The summed E-state index contributed by atoms with van der Waals surface area (Å²) in [5, 5.41) is 11.9. The minimum absolute atomic E-state index is 0.262. The molecule has 2 aromatic rings. The maximum Gasteiger partial charge on any atom is 0.182 e. The van der Waals surface area contributed by atoms with Crippen LogP contribution in [-0.4, -0.2) is 20.2 Å². The van der Waals surface area contributed by atoms with E-state index in [9.17, 15) is 0 Å². The Hall–Kier alpha value is -1.91. The Morgan fingerprint density at radius 2 is 1.76 bits per heavy atom. The summed E-state index contributed by atoms with van der Waals surface area (Å²) in [7, 11) is 0. The zero-order valence-electron chi connectivity index (χ0n) is 10.3. The number of nitrogen functional groups attached to an aromatic ring is 1. The van der Waals surface area contributed by atoms with E-state index in [2.05, 4.69) is 36.3 Å². The molecule has 0 aliphatic heterocycles. The van der Waals surface area contributed by atoms with E-state index in [-0.39, 0.29) is 6.04 Å². The smallest absolute Gasteiger partial charge is 0.182 e. The molecule has 0 aliphatic carbocycles. The molecule has 0 radical (unpaired) electrons. The van der Waals surface area contributed by atoms with Crippen LogP contribution in [0.2, 0.25) is 0 Å². The van der Waals surface area contributed by atoms with Crippen LogP contribution in [-0.2, 0) is 0 Å². The van der Waals surface area contributed by atoms with Gasteiger partial charge in [0.15, 0.2) is 5.82 Å². The van der Waals surface area contributed by atoms with Crippen molar-refractivity contribution < 1.29 is 0 Å². The van der Waals surface area contributed by atoms with E-state index >= 15 is 0 Å². The average molecular weight is 231 g/mol. The third-order valence-corrected chi connectivity index (χ3v) is 3.01.